The van der Waals surface area contributed by atoms with Gasteiger partial charge in [0.1, 0.15) is 4.88 Å². The Bertz CT molecular complexity index is 779. The smallest absolute Gasteiger partial charge is 0.350 e. The van der Waals surface area contributed by atoms with Crippen molar-refractivity contribution in [3.05, 3.63) is 46.2 Å². The van der Waals surface area contributed by atoms with E-state index in [1.807, 2.05) is 12.1 Å². The first-order valence-corrected chi connectivity index (χ1v) is 10.1. The Balaban J connectivity index is 2.13. The second-order valence-electron chi connectivity index (χ2n) is 5.36. The monoisotopic (exact) mass is 367 g/mol. The summed E-state index contributed by atoms with van der Waals surface area (Å²) in [5.41, 5.74) is 1.35. The van der Waals surface area contributed by atoms with Gasteiger partial charge in [0.25, 0.3) is 10.0 Å². The van der Waals surface area contributed by atoms with Gasteiger partial charge in [0.05, 0.1) is 17.7 Å². The zero-order valence-electron chi connectivity index (χ0n) is 13.7. The molecule has 0 unspecified atom stereocenters. The molecule has 2 rings (SSSR count). The zero-order valence-corrected chi connectivity index (χ0v) is 15.4. The Morgan fingerprint density at radius 3 is 2.50 bits per heavy atom. The van der Waals surface area contributed by atoms with Crippen molar-refractivity contribution in [2.45, 2.75) is 37.5 Å². The fourth-order valence-corrected chi connectivity index (χ4v) is 4.16. The number of carbonyl (C=O) groups excluding carboxylic acids is 1. The molecule has 2 aromatic rings. The molecular weight excluding hydrogens is 346 g/mol. The first-order chi connectivity index (χ1) is 11.5. The van der Waals surface area contributed by atoms with Crippen LogP contribution in [0.1, 0.15) is 41.4 Å². The molecule has 0 amide bonds. The zero-order chi connectivity index (χ0) is 17.6. The summed E-state index contributed by atoms with van der Waals surface area (Å²) >= 11 is 1.13. The minimum absolute atomic E-state index is 0.170. The molecule has 0 radical (unpaired) electrons. The van der Waals surface area contributed by atoms with Crippen molar-refractivity contribution in [1.29, 1.82) is 0 Å². The Kier molecular flexibility index (Phi) is 6.39. The summed E-state index contributed by atoms with van der Waals surface area (Å²) in [5, 5.41) is 1.64. The van der Waals surface area contributed by atoms with Crippen LogP contribution in [0.3, 0.4) is 0 Å². The molecule has 0 aliphatic heterocycles. The number of unbranched alkanes of at least 4 members (excludes halogenated alkanes) is 2. The number of esters is 1. The highest BCUT2D eigenvalue weighted by molar-refractivity contribution is 7.92. The van der Waals surface area contributed by atoms with E-state index in [4.69, 9.17) is 0 Å². The summed E-state index contributed by atoms with van der Waals surface area (Å²) in [6.07, 6.45) is 4.35. The first kappa shape index (κ1) is 18.5. The van der Waals surface area contributed by atoms with E-state index in [9.17, 15) is 13.2 Å². The number of anilines is 1. The van der Waals surface area contributed by atoms with Crippen LogP contribution in [0.4, 0.5) is 5.69 Å². The lowest BCUT2D eigenvalue weighted by atomic mass is 10.1. The molecule has 0 atom stereocenters. The predicted octanol–water partition coefficient (Wildman–Crippen LogP) is 4.07. The predicted molar refractivity (Wildman–Crippen MR) is 96.1 cm³/mol. The molecule has 0 saturated heterocycles. The highest BCUT2D eigenvalue weighted by Crippen LogP contribution is 2.26. The van der Waals surface area contributed by atoms with Crippen LogP contribution in [0.5, 0.6) is 0 Å². The van der Waals surface area contributed by atoms with Crippen LogP contribution >= 0.6 is 11.3 Å². The highest BCUT2D eigenvalue weighted by Gasteiger charge is 2.20. The number of benzene rings is 1. The first-order valence-electron chi connectivity index (χ1n) is 7.75. The molecule has 1 N–H and O–H groups in total. The molecule has 0 spiro atoms. The van der Waals surface area contributed by atoms with Gasteiger partial charge in [0.2, 0.25) is 0 Å². The third kappa shape index (κ3) is 4.58. The van der Waals surface area contributed by atoms with Gasteiger partial charge in [0.15, 0.2) is 0 Å². The van der Waals surface area contributed by atoms with Crippen LogP contribution in [-0.4, -0.2) is 21.5 Å². The van der Waals surface area contributed by atoms with E-state index < -0.39 is 16.0 Å². The molecule has 7 heteroatoms. The molecule has 1 aromatic carbocycles. The van der Waals surface area contributed by atoms with Gasteiger partial charge in [-0.05, 0) is 42.0 Å². The summed E-state index contributed by atoms with van der Waals surface area (Å²) in [4.78, 5) is 12.0. The number of ether oxygens (including phenoxy) is 1. The third-order valence-electron chi connectivity index (χ3n) is 3.58. The molecule has 0 fully saturated rings. The van der Waals surface area contributed by atoms with Crippen molar-refractivity contribution in [1.82, 2.24) is 0 Å². The number of carbonyl (C=O) groups is 1. The van der Waals surface area contributed by atoms with Gasteiger partial charge in [-0.1, -0.05) is 31.9 Å². The van der Waals surface area contributed by atoms with E-state index in [0.717, 1.165) is 42.6 Å². The van der Waals surface area contributed by atoms with Crippen LogP contribution in [0.25, 0.3) is 0 Å². The van der Waals surface area contributed by atoms with Gasteiger partial charge < -0.3 is 4.74 Å². The van der Waals surface area contributed by atoms with Crippen molar-refractivity contribution in [3.63, 3.8) is 0 Å². The van der Waals surface area contributed by atoms with Crippen LogP contribution in [-0.2, 0) is 21.2 Å². The van der Waals surface area contributed by atoms with Crippen molar-refractivity contribution >= 4 is 33.0 Å². The molecule has 130 valence electrons. The average Bonchev–Trinajstić information content (AvgIpc) is 3.02. The largest absolute Gasteiger partial charge is 0.465 e. The Labute approximate surface area is 146 Å². The Morgan fingerprint density at radius 2 is 1.88 bits per heavy atom. The summed E-state index contributed by atoms with van der Waals surface area (Å²) < 4.78 is 32.1. The molecule has 0 aliphatic rings. The summed E-state index contributed by atoms with van der Waals surface area (Å²) in [6.45, 7) is 2.15. The molecule has 1 aromatic heterocycles. The normalized spacial score (nSPS) is 11.2. The SMILES string of the molecule is CCCCCc1ccc(S(=O)(=O)Nc2ccsc2C(=O)OC)cc1. The van der Waals surface area contributed by atoms with E-state index in [-0.39, 0.29) is 15.5 Å². The maximum absolute atomic E-state index is 12.5. The summed E-state index contributed by atoms with van der Waals surface area (Å²) in [7, 11) is -2.48. The standard InChI is InChI=1S/C17H21NO4S2/c1-3-4-5-6-13-7-9-14(10-8-13)24(20,21)18-15-11-12-23-16(15)17(19)22-2/h7-12,18H,3-6H2,1-2H3. The van der Waals surface area contributed by atoms with Crippen LogP contribution < -0.4 is 4.72 Å². The minimum Gasteiger partial charge on any atom is -0.465 e. The van der Waals surface area contributed by atoms with E-state index in [0.29, 0.717) is 0 Å². The molecular formula is C17H21NO4S2. The van der Waals surface area contributed by atoms with Gasteiger partial charge in [-0.15, -0.1) is 11.3 Å². The van der Waals surface area contributed by atoms with Gasteiger partial charge in [-0.2, -0.15) is 0 Å². The average molecular weight is 367 g/mol. The molecule has 0 saturated carbocycles. The fourth-order valence-electron chi connectivity index (χ4n) is 2.26. The van der Waals surface area contributed by atoms with Gasteiger partial charge in [0, 0.05) is 0 Å². The van der Waals surface area contributed by atoms with E-state index in [2.05, 4.69) is 16.4 Å². The Hall–Kier alpha value is -1.86. The number of hydrogen-bond donors (Lipinski definition) is 1. The second-order valence-corrected chi connectivity index (χ2v) is 7.96. The number of rotatable bonds is 8. The summed E-state index contributed by atoms with van der Waals surface area (Å²) in [5.74, 6) is -0.561. The van der Waals surface area contributed by atoms with Crippen molar-refractivity contribution < 1.29 is 17.9 Å². The highest BCUT2D eigenvalue weighted by atomic mass is 32.2. The van der Waals surface area contributed by atoms with Gasteiger partial charge >= 0.3 is 5.97 Å². The van der Waals surface area contributed by atoms with Gasteiger partial charge in [-0.3, -0.25) is 4.72 Å². The quantitative estimate of drug-likeness (QED) is 0.564. The number of thiophene rings is 1. The topological polar surface area (TPSA) is 72.5 Å². The van der Waals surface area contributed by atoms with Crippen LogP contribution in [0, 0.1) is 0 Å². The number of hydrogen-bond acceptors (Lipinski definition) is 5. The van der Waals surface area contributed by atoms with Crippen molar-refractivity contribution in [2.75, 3.05) is 11.8 Å². The molecule has 0 aliphatic carbocycles. The number of sulfonamides is 1. The van der Waals surface area contributed by atoms with Crippen LogP contribution in [0.15, 0.2) is 40.6 Å². The second kappa shape index (κ2) is 8.30. The van der Waals surface area contributed by atoms with Crippen LogP contribution in [0.2, 0.25) is 0 Å². The van der Waals surface area contributed by atoms with Crippen molar-refractivity contribution in [3.8, 4) is 0 Å². The lowest BCUT2D eigenvalue weighted by Gasteiger charge is -2.09. The molecule has 0 bridgehead atoms. The maximum atomic E-state index is 12.5. The van der Waals surface area contributed by atoms with E-state index >= 15 is 0 Å². The lowest BCUT2D eigenvalue weighted by molar-refractivity contribution is 0.0607. The molecule has 5 nitrogen and oxygen atoms in total. The number of nitrogens with one attached hydrogen (secondary N) is 1. The molecule has 1 heterocycles. The van der Waals surface area contributed by atoms with Gasteiger partial charge in [-0.25, -0.2) is 13.2 Å². The number of aryl methyl sites for hydroxylation is 1. The lowest BCUT2D eigenvalue weighted by Crippen LogP contribution is -2.14. The van der Waals surface area contributed by atoms with E-state index in [1.165, 1.54) is 7.11 Å². The Morgan fingerprint density at radius 1 is 1.17 bits per heavy atom. The summed E-state index contributed by atoms with van der Waals surface area (Å²) in [6, 6.07) is 8.40. The minimum atomic E-state index is -3.74. The molecule has 24 heavy (non-hydrogen) atoms. The number of methoxy groups -OCH3 is 1. The van der Waals surface area contributed by atoms with Crippen molar-refractivity contribution in [2.24, 2.45) is 0 Å². The van der Waals surface area contributed by atoms with E-state index in [1.54, 1.807) is 23.6 Å². The third-order valence-corrected chi connectivity index (χ3v) is 5.86. The maximum Gasteiger partial charge on any atom is 0.350 e. The fraction of sp³-hybridized carbons (Fsp3) is 0.353.